The fourth-order valence-electron chi connectivity index (χ4n) is 3.41. The molecule has 0 aliphatic heterocycles. The van der Waals surface area contributed by atoms with E-state index in [9.17, 15) is 4.79 Å². The van der Waals surface area contributed by atoms with Gasteiger partial charge in [-0.3, -0.25) is 9.78 Å². The van der Waals surface area contributed by atoms with Crippen LogP contribution in [0.15, 0.2) is 78.4 Å². The summed E-state index contributed by atoms with van der Waals surface area (Å²) in [6.45, 7) is 5.48. The second-order valence-corrected chi connectivity index (χ2v) is 8.68. The lowest BCUT2D eigenvalue weighted by molar-refractivity contribution is 0.0729. The first-order valence-electron chi connectivity index (χ1n) is 10.4. The summed E-state index contributed by atoms with van der Waals surface area (Å²) in [6, 6.07) is 19.3. The molecule has 0 aliphatic rings. The number of hydrogen-bond donors (Lipinski definition) is 0. The maximum Gasteiger partial charge on any atom is 0.254 e. The van der Waals surface area contributed by atoms with E-state index in [1.54, 1.807) is 23.7 Å². The Bertz CT molecular complexity index is 1170. The third kappa shape index (κ3) is 5.59. The zero-order valence-corrected chi connectivity index (χ0v) is 19.0. The third-order valence-electron chi connectivity index (χ3n) is 5.16. The first-order chi connectivity index (χ1) is 15.6. The molecule has 4 aromatic rings. The predicted octanol–water partition coefficient (Wildman–Crippen LogP) is 5.58. The standard InChI is InChI=1S/C26H25N3O2S/c1-19-6-3-4-8-23(19)16-29(15-21-7-5-13-27-14-21)26(30)22-9-11-25(12-10-22)31-17-24-18-32-20(2)28-24/h3-14,18H,15-17H2,1-2H3. The number of benzene rings is 2. The normalized spacial score (nSPS) is 10.7. The zero-order chi connectivity index (χ0) is 22.3. The monoisotopic (exact) mass is 443 g/mol. The molecule has 2 heterocycles. The van der Waals surface area contributed by atoms with Gasteiger partial charge in [0.15, 0.2) is 0 Å². The van der Waals surface area contributed by atoms with Crippen molar-refractivity contribution in [2.24, 2.45) is 0 Å². The third-order valence-corrected chi connectivity index (χ3v) is 5.98. The molecule has 0 aliphatic carbocycles. The number of carbonyl (C=O) groups excluding carboxylic acids is 1. The summed E-state index contributed by atoms with van der Waals surface area (Å²) >= 11 is 1.61. The summed E-state index contributed by atoms with van der Waals surface area (Å²) in [7, 11) is 0. The Morgan fingerprint density at radius 1 is 1.00 bits per heavy atom. The highest BCUT2D eigenvalue weighted by Gasteiger charge is 2.18. The number of pyridine rings is 1. The maximum atomic E-state index is 13.4. The molecule has 162 valence electrons. The van der Waals surface area contributed by atoms with Gasteiger partial charge in [-0.05, 0) is 60.9 Å². The lowest BCUT2D eigenvalue weighted by Crippen LogP contribution is -2.30. The molecular formula is C26H25N3O2S. The van der Waals surface area contributed by atoms with Crippen molar-refractivity contribution in [3.63, 3.8) is 0 Å². The molecule has 0 spiro atoms. The summed E-state index contributed by atoms with van der Waals surface area (Å²) < 4.78 is 5.82. The maximum absolute atomic E-state index is 13.4. The molecule has 0 saturated heterocycles. The van der Waals surface area contributed by atoms with Crippen LogP contribution in [0.4, 0.5) is 0 Å². The van der Waals surface area contributed by atoms with Crippen LogP contribution in [0.5, 0.6) is 5.75 Å². The quantitative estimate of drug-likeness (QED) is 0.357. The van der Waals surface area contributed by atoms with E-state index in [-0.39, 0.29) is 5.91 Å². The number of thiazole rings is 1. The van der Waals surface area contributed by atoms with Gasteiger partial charge in [0, 0.05) is 36.4 Å². The van der Waals surface area contributed by atoms with Crippen LogP contribution >= 0.6 is 11.3 Å². The van der Waals surface area contributed by atoms with Crippen molar-refractivity contribution in [2.75, 3.05) is 0 Å². The van der Waals surface area contributed by atoms with E-state index in [1.807, 2.05) is 65.7 Å². The molecule has 0 N–H and O–H groups in total. The van der Waals surface area contributed by atoms with Crippen molar-refractivity contribution in [3.05, 3.63) is 111 Å². The van der Waals surface area contributed by atoms with E-state index < -0.39 is 0 Å². The average Bonchev–Trinajstić information content (AvgIpc) is 3.24. The molecule has 0 bridgehead atoms. The van der Waals surface area contributed by atoms with E-state index in [1.165, 1.54) is 0 Å². The summed E-state index contributed by atoms with van der Waals surface area (Å²) in [5.41, 5.74) is 4.82. The molecule has 1 amide bonds. The number of rotatable bonds is 8. The van der Waals surface area contributed by atoms with Crippen LogP contribution in [-0.4, -0.2) is 20.8 Å². The molecule has 2 aromatic carbocycles. The Kier molecular flexibility index (Phi) is 6.92. The second-order valence-electron chi connectivity index (χ2n) is 7.62. The van der Waals surface area contributed by atoms with Crippen LogP contribution in [0.25, 0.3) is 0 Å². The van der Waals surface area contributed by atoms with Crippen molar-refractivity contribution in [1.82, 2.24) is 14.9 Å². The predicted molar refractivity (Wildman–Crippen MR) is 127 cm³/mol. The number of aromatic nitrogens is 2. The Balaban J connectivity index is 1.49. The van der Waals surface area contributed by atoms with E-state index in [0.29, 0.717) is 31.0 Å². The van der Waals surface area contributed by atoms with Gasteiger partial charge >= 0.3 is 0 Å². The number of nitrogens with zero attached hydrogens (tertiary/aromatic N) is 3. The van der Waals surface area contributed by atoms with Crippen molar-refractivity contribution < 1.29 is 9.53 Å². The SMILES string of the molecule is Cc1nc(COc2ccc(C(=O)N(Cc3cccnc3)Cc3ccccc3C)cc2)cs1. The molecule has 4 rings (SSSR count). The number of aryl methyl sites for hydroxylation is 2. The molecule has 6 heteroatoms. The average molecular weight is 444 g/mol. The van der Waals surface area contributed by atoms with E-state index in [0.717, 1.165) is 27.4 Å². The van der Waals surface area contributed by atoms with Crippen molar-refractivity contribution in [2.45, 2.75) is 33.5 Å². The van der Waals surface area contributed by atoms with Crippen molar-refractivity contribution >= 4 is 17.2 Å². The van der Waals surface area contributed by atoms with Gasteiger partial charge < -0.3 is 9.64 Å². The first-order valence-corrected chi connectivity index (χ1v) is 11.3. The van der Waals surface area contributed by atoms with Gasteiger partial charge in [0.05, 0.1) is 10.7 Å². The minimum absolute atomic E-state index is 0.0289. The van der Waals surface area contributed by atoms with Crippen LogP contribution in [0.1, 0.15) is 37.7 Å². The highest BCUT2D eigenvalue weighted by atomic mass is 32.1. The summed E-state index contributed by atoms with van der Waals surface area (Å²) in [6.07, 6.45) is 3.54. The lowest BCUT2D eigenvalue weighted by atomic mass is 10.1. The van der Waals surface area contributed by atoms with E-state index in [4.69, 9.17) is 4.74 Å². The summed E-state index contributed by atoms with van der Waals surface area (Å²) in [5, 5.41) is 3.02. The Morgan fingerprint density at radius 2 is 1.81 bits per heavy atom. The molecule has 32 heavy (non-hydrogen) atoms. The molecule has 5 nitrogen and oxygen atoms in total. The fourth-order valence-corrected chi connectivity index (χ4v) is 4.01. The largest absolute Gasteiger partial charge is 0.487 e. The van der Waals surface area contributed by atoms with Crippen molar-refractivity contribution in [1.29, 1.82) is 0 Å². The minimum Gasteiger partial charge on any atom is -0.487 e. The van der Waals surface area contributed by atoms with Gasteiger partial charge in [0.1, 0.15) is 12.4 Å². The highest BCUT2D eigenvalue weighted by Crippen LogP contribution is 2.19. The number of hydrogen-bond acceptors (Lipinski definition) is 5. The van der Waals surface area contributed by atoms with Gasteiger partial charge in [-0.25, -0.2) is 4.98 Å². The molecule has 0 saturated carbocycles. The number of ether oxygens (including phenoxy) is 1. The topological polar surface area (TPSA) is 55.3 Å². The molecule has 0 radical (unpaired) electrons. The summed E-state index contributed by atoms with van der Waals surface area (Å²) in [5.74, 6) is 0.684. The van der Waals surface area contributed by atoms with Crippen LogP contribution in [0.2, 0.25) is 0 Å². The molecule has 0 fully saturated rings. The first kappa shape index (κ1) is 21.7. The second kappa shape index (κ2) is 10.2. The smallest absolute Gasteiger partial charge is 0.254 e. The Hall–Kier alpha value is -3.51. The van der Waals surface area contributed by atoms with Crippen LogP contribution in [0.3, 0.4) is 0 Å². The molecular weight excluding hydrogens is 418 g/mol. The van der Waals surface area contributed by atoms with Gasteiger partial charge in [0.25, 0.3) is 5.91 Å². The van der Waals surface area contributed by atoms with E-state index >= 15 is 0 Å². The van der Waals surface area contributed by atoms with Gasteiger partial charge in [0.2, 0.25) is 0 Å². The fraction of sp³-hybridized carbons (Fsp3) is 0.192. The molecule has 0 unspecified atom stereocenters. The molecule has 0 atom stereocenters. The van der Waals surface area contributed by atoms with Gasteiger partial charge in [-0.1, -0.05) is 30.3 Å². The van der Waals surface area contributed by atoms with Crippen LogP contribution < -0.4 is 4.74 Å². The zero-order valence-electron chi connectivity index (χ0n) is 18.2. The lowest BCUT2D eigenvalue weighted by Gasteiger charge is -2.24. The van der Waals surface area contributed by atoms with Crippen LogP contribution in [-0.2, 0) is 19.7 Å². The minimum atomic E-state index is -0.0289. The van der Waals surface area contributed by atoms with Crippen molar-refractivity contribution in [3.8, 4) is 5.75 Å². The Morgan fingerprint density at radius 3 is 2.50 bits per heavy atom. The number of amides is 1. The highest BCUT2D eigenvalue weighted by molar-refractivity contribution is 7.09. The number of carbonyl (C=O) groups is 1. The molecule has 2 aromatic heterocycles. The van der Waals surface area contributed by atoms with Crippen LogP contribution in [0, 0.1) is 13.8 Å². The van der Waals surface area contributed by atoms with Gasteiger partial charge in [-0.2, -0.15) is 0 Å². The summed E-state index contributed by atoms with van der Waals surface area (Å²) in [4.78, 5) is 23.9. The Labute approximate surface area is 192 Å². The van der Waals surface area contributed by atoms with Gasteiger partial charge in [-0.15, -0.1) is 11.3 Å². The van der Waals surface area contributed by atoms with E-state index in [2.05, 4.69) is 29.0 Å².